The Morgan fingerprint density at radius 2 is 2.05 bits per heavy atom. The smallest absolute Gasteiger partial charge is 0.258 e. The van der Waals surface area contributed by atoms with E-state index in [0.29, 0.717) is 18.8 Å². The summed E-state index contributed by atoms with van der Waals surface area (Å²) in [7, 11) is 0. The number of carbonyl (C=O) groups excluding carboxylic acids is 1. The first-order valence-electron chi connectivity index (χ1n) is 7.44. The minimum Gasteiger partial charge on any atom is -0.484 e. The van der Waals surface area contributed by atoms with Crippen molar-refractivity contribution in [3.63, 3.8) is 0 Å². The van der Waals surface area contributed by atoms with E-state index in [4.69, 9.17) is 4.74 Å². The molecule has 0 fully saturated rings. The number of hydrogen-bond acceptors (Lipinski definition) is 3. The van der Waals surface area contributed by atoms with Crippen molar-refractivity contribution >= 4 is 5.91 Å². The Kier molecular flexibility index (Phi) is 5.20. The zero-order chi connectivity index (χ0) is 16.1. The Hall–Kier alpha value is -2.30. The van der Waals surface area contributed by atoms with Gasteiger partial charge in [-0.1, -0.05) is 12.1 Å². The largest absolute Gasteiger partial charge is 0.484 e. The third kappa shape index (κ3) is 4.10. The lowest BCUT2D eigenvalue weighted by Crippen LogP contribution is -2.32. The van der Waals surface area contributed by atoms with Crippen molar-refractivity contribution in [1.29, 1.82) is 0 Å². The van der Waals surface area contributed by atoms with Gasteiger partial charge in [0.25, 0.3) is 5.91 Å². The molecule has 0 saturated carbocycles. The van der Waals surface area contributed by atoms with E-state index in [9.17, 15) is 4.79 Å². The van der Waals surface area contributed by atoms with Gasteiger partial charge >= 0.3 is 0 Å². The lowest BCUT2D eigenvalue weighted by atomic mass is 10.2. The number of aryl methyl sites for hydroxylation is 2. The van der Waals surface area contributed by atoms with Crippen LogP contribution in [-0.2, 0) is 11.3 Å². The SMILES string of the molecule is Cc1cccc(OCC(=O)NCCn2nc(C)c(C)c2C)c1. The molecule has 118 valence electrons. The maximum atomic E-state index is 11.8. The minimum absolute atomic E-state index is 0.0274. The van der Waals surface area contributed by atoms with Gasteiger partial charge in [-0.15, -0.1) is 0 Å². The molecule has 0 saturated heterocycles. The molecule has 0 aliphatic carbocycles. The lowest BCUT2D eigenvalue weighted by molar-refractivity contribution is -0.123. The third-order valence-corrected chi connectivity index (χ3v) is 3.75. The second-order valence-electron chi connectivity index (χ2n) is 5.47. The van der Waals surface area contributed by atoms with Crippen LogP contribution in [0.5, 0.6) is 5.75 Å². The standard InChI is InChI=1S/C17H23N3O2/c1-12-6-5-7-16(10-12)22-11-17(21)18-8-9-20-15(4)13(2)14(3)19-20/h5-7,10H,8-9,11H2,1-4H3,(H,18,21). The highest BCUT2D eigenvalue weighted by Gasteiger charge is 2.07. The fraction of sp³-hybridized carbons (Fsp3) is 0.412. The van der Waals surface area contributed by atoms with E-state index < -0.39 is 0 Å². The molecular weight excluding hydrogens is 278 g/mol. The summed E-state index contributed by atoms with van der Waals surface area (Å²) in [6.45, 7) is 9.31. The molecule has 0 radical (unpaired) electrons. The van der Waals surface area contributed by atoms with Gasteiger partial charge in [-0.25, -0.2) is 0 Å². The van der Waals surface area contributed by atoms with Crippen molar-refractivity contribution in [1.82, 2.24) is 15.1 Å². The van der Waals surface area contributed by atoms with Crippen LogP contribution in [0.2, 0.25) is 0 Å². The highest BCUT2D eigenvalue weighted by atomic mass is 16.5. The van der Waals surface area contributed by atoms with Crippen LogP contribution in [0.3, 0.4) is 0 Å². The van der Waals surface area contributed by atoms with Gasteiger partial charge in [0, 0.05) is 12.2 Å². The molecular formula is C17H23N3O2. The predicted octanol–water partition coefficient (Wildman–Crippen LogP) is 2.31. The molecule has 1 aromatic heterocycles. The van der Waals surface area contributed by atoms with E-state index in [1.54, 1.807) is 0 Å². The fourth-order valence-corrected chi connectivity index (χ4v) is 2.21. The molecule has 5 nitrogen and oxygen atoms in total. The van der Waals surface area contributed by atoms with Crippen LogP contribution < -0.4 is 10.1 Å². The van der Waals surface area contributed by atoms with Crippen LogP contribution in [-0.4, -0.2) is 28.8 Å². The number of ether oxygens (including phenoxy) is 1. The average Bonchev–Trinajstić information content (AvgIpc) is 2.73. The van der Waals surface area contributed by atoms with E-state index in [1.165, 1.54) is 5.56 Å². The van der Waals surface area contributed by atoms with Crippen molar-refractivity contribution < 1.29 is 9.53 Å². The summed E-state index contributed by atoms with van der Waals surface area (Å²) in [5.41, 5.74) is 4.49. The van der Waals surface area contributed by atoms with Crippen LogP contribution in [0.4, 0.5) is 0 Å². The zero-order valence-corrected chi connectivity index (χ0v) is 13.6. The van der Waals surface area contributed by atoms with Crippen LogP contribution >= 0.6 is 0 Å². The first-order chi connectivity index (χ1) is 10.5. The summed E-state index contributed by atoms with van der Waals surface area (Å²) in [5.74, 6) is 0.587. The molecule has 1 heterocycles. The van der Waals surface area contributed by atoms with Crippen LogP contribution in [0.25, 0.3) is 0 Å². The number of benzene rings is 1. The van der Waals surface area contributed by atoms with E-state index in [2.05, 4.69) is 17.3 Å². The van der Waals surface area contributed by atoms with Gasteiger partial charge in [-0.05, 0) is 51.0 Å². The minimum atomic E-state index is -0.125. The molecule has 1 amide bonds. The molecule has 1 aromatic carbocycles. The number of nitrogens with one attached hydrogen (secondary N) is 1. The Bertz CT molecular complexity index is 662. The van der Waals surface area contributed by atoms with Gasteiger partial charge in [0.15, 0.2) is 6.61 Å². The summed E-state index contributed by atoms with van der Waals surface area (Å²) in [6, 6.07) is 7.65. The second-order valence-corrected chi connectivity index (χ2v) is 5.47. The molecule has 1 N–H and O–H groups in total. The monoisotopic (exact) mass is 301 g/mol. The zero-order valence-electron chi connectivity index (χ0n) is 13.6. The van der Waals surface area contributed by atoms with Crippen LogP contribution in [0, 0.1) is 27.7 Å². The highest BCUT2D eigenvalue weighted by molar-refractivity contribution is 5.77. The van der Waals surface area contributed by atoms with E-state index >= 15 is 0 Å². The van der Waals surface area contributed by atoms with Crippen molar-refractivity contribution in [2.75, 3.05) is 13.2 Å². The highest BCUT2D eigenvalue weighted by Crippen LogP contribution is 2.12. The third-order valence-electron chi connectivity index (χ3n) is 3.75. The number of rotatable bonds is 6. The molecule has 2 aromatic rings. The maximum absolute atomic E-state index is 11.8. The predicted molar refractivity (Wildman–Crippen MR) is 86.1 cm³/mol. The lowest BCUT2D eigenvalue weighted by Gasteiger charge is -2.09. The topological polar surface area (TPSA) is 56.1 Å². The van der Waals surface area contributed by atoms with Gasteiger partial charge in [-0.2, -0.15) is 5.10 Å². The summed E-state index contributed by atoms with van der Waals surface area (Å²) in [5, 5.41) is 7.29. The van der Waals surface area contributed by atoms with Gasteiger partial charge in [0.1, 0.15) is 5.75 Å². The van der Waals surface area contributed by atoms with Gasteiger partial charge < -0.3 is 10.1 Å². The number of nitrogens with zero attached hydrogens (tertiary/aromatic N) is 2. The Morgan fingerprint density at radius 3 is 2.68 bits per heavy atom. The number of carbonyl (C=O) groups is 1. The summed E-state index contributed by atoms with van der Waals surface area (Å²) >= 11 is 0. The molecule has 5 heteroatoms. The van der Waals surface area contributed by atoms with Crippen LogP contribution in [0.1, 0.15) is 22.5 Å². The molecule has 0 spiro atoms. The number of aromatic nitrogens is 2. The quantitative estimate of drug-likeness (QED) is 0.891. The Balaban J connectivity index is 1.75. The molecule has 0 aliphatic heterocycles. The van der Waals surface area contributed by atoms with E-state index in [-0.39, 0.29) is 12.5 Å². The summed E-state index contributed by atoms with van der Waals surface area (Å²) in [6.07, 6.45) is 0. The molecule has 0 atom stereocenters. The van der Waals surface area contributed by atoms with Gasteiger partial charge in [-0.3, -0.25) is 9.48 Å². The first kappa shape index (κ1) is 16.1. The van der Waals surface area contributed by atoms with Gasteiger partial charge in [0.2, 0.25) is 0 Å². The summed E-state index contributed by atoms with van der Waals surface area (Å²) in [4.78, 5) is 11.8. The molecule has 22 heavy (non-hydrogen) atoms. The Labute approximate surface area is 131 Å². The van der Waals surface area contributed by atoms with Crippen LogP contribution in [0.15, 0.2) is 24.3 Å². The molecule has 0 bridgehead atoms. The van der Waals surface area contributed by atoms with Crippen molar-refractivity contribution in [2.24, 2.45) is 0 Å². The fourth-order valence-electron chi connectivity index (χ4n) is 2.21. The van der Waals surface area contributed by atoms with Gasteiger partial charge in [0.05, 0.1) is 12.2 Å². The van der Waals surface area contributed by atoms with Crippen molar-refractivity contribution in [2.45, 2.75) is 34.2 Å². The molecule has 0 unspecified atom stereocenters. The molecule has 2 rings (SSSR count). The van der Waals surface area contributed by atoms with Crippen molar-refractivity contribution in [3.05, 3.63) is 46.8 Å². The second kappa shape index (κ2) is 7.11. The maximum Gasteiger partial charge on any atom is 0.258 e. The summed E-state index contributed by atoms with van der Waals surface area (Å²) < 4.78 is 7.39. The first-order valence-corrected chi connectivity index (χ1v) is 7.44. The van der Waals surface area contributed by atoms with E-state index in [1.807, 2.05) is 49.7 Å². The Morgan fingerprint density at radius 1 is 1.27 bits per heavy atom. The van der Waals surface area contributed by atoms with E-state index in [0.717, 1.165) is 17.0 Å². The average molecular weight is 301 g/mol. The van der Waals surface area contributed by atoms with Crippen molar-refractivity contribution in [3.8, 4) is 5.75 Å². The number of amides is 1. The normalized spacial score (nSPS) is 10.5. The number of hydrogen-bond donors (Lipinski definition) is 1. The molecule has 0 aliphatic rings.